The summed E-state index contributed by atoms with van der Waals surface area (Å²) in [4.78, 5) is 22.7. The lowest BCUT2D eigenvalue weighted by molar-refractivity contribution is -0.146. The molecule has 0 bridgehead atoms. The van der Waals surface area contributed by atoms with Gasteiger partial charge in [0, 0.05) is 18.9 Å². The van der Waals surface area contributed by atoms with Crippen LogP contribution in [0.4, 0.5) is 0 Å². The summed E-state index contributed by atoms with van der Waals surface area (Å²) in [5.41, 5.74) is 3.81. The van der Waals surface area contributed by atoms with Gasteiger partial charge in [-0.15, -0.1) is 0 Å². The van der Waals surface area contributed by atoms with Crippen molar-refractivity contribution in [1.29, 1.82) is 0 Å². The third kappa shape index (κ3) is 1.72. The molecule has 1 saturated carbocycles. The largest absolute Gasteiger partial charge is 0.373 e. The van der Waals surface area contributed by atoms with Crippen LogP contribution in [-0.2, 0) is 9.59 Å². The highest BCUT2D eigenvalue weighted by Crippen LogP contribution is 2.27. The van der Waals surface area contributed by atoms with Gasteiger partial charge < -0.3 is 10.8 Å². The number of rotatable bonds is 4. The summed E-state index contributed by atoms with van der Waals surface area (Å²) in [6.45, 7) is 2.00. The predicted octanol–water partition coefficient (Wildman–Crippen LogP) is 0.167. The van der Waals surface area contributed by atoms with E-state index in [1.807, 2.05) is 6.92 Å². The van der Waals surface area contributed by atoms with E-state index in [-0.39, 0.29) is 12.8 Å². The standard InChI is InChI=1S/C10H17NO3/c1-2-3-4-7(11)10(14)8(12)5-6-9(10)13/h7,14H,2-6,11H2,1H3. The molecule has 1 fully saturated rings. The molecule has 0 amide bonds. The van der Waals surface area contributed by atoms with E-state index < -0.39 is 23.2 Å². The topological polar surface area (TPSA) is 80.4 Å². The number of ketones is 2. The molecule has 3 N–H and O–H groups in total. The Kier molecular flexibility index (Phi) is 3.39. The summed E-state index contributed by atoms with van der Waals surface area (Å²) in [7, 11) is 0. The third-order valence-corrected chi connectivity index (χ3v) is 2.83. The lowest BCUT2D eigenvalue weighted by Gasteiger charge is -2.26. The molecule has 80 valence electrons. The third-order valence-electron chi connectivity index (χ3n) is 2.83. The highest BCUT2D eigenvalue weighted by Gasteiger charge is 2.51. The van der Waals surface area contributed by atoms with Gasteiger partial charge in [-0.05, 0) is 6.42 Å². The van der Waals surface area contributed by atoms with Gasteiger partial charge in [0.05, 0.1) is 0 Å². The van der Waals surface area contributed by atoms with Gasteiger partial charge in [-0.25, -0.2) is 0 Å². The molecule has 0 aliphatic heterocycles. The minimum atomic E-state index is -1.88. The van der Waals surface area contributed by atoms with Crippen LogP contribution in [-0.4, -0.2) is 28.3 Å². The van der Waals surface area contributed by atoms with Gasteiger partial charge in [0.15, 0.2) is 17.2 Å². The molecule has 0 saturated heterocycles. The maximum absolute atomic E-state index is 11.4. The maximum Gasteiger partial charge on any atom is 0.196 e. The predicted molar refractivity (Wildman–Crippen MR) is 51.7 cm³/mol. The SMILES string of the molecule is CCCCC(N)C1(O)C(=O)CCC1=O. The molecule has 1 aliphatic carbocycles. The second-order valence-electron chi connectivity index (χ2n) is 3.86. The van der Waals surface area contributed by atoms with Gasteiger partial charge in [-0.2, -0.15) is 0 Å². The first-order valence-corrected chi connectivity index (χ1v) is 5.08. The van der Waals surface area contributed by atoms with E-state index in [4.69, 9.17) is 5.73 Å². The Balaban J connectivity index is 2.71. The number of unbranched alkanes of at least 4 members (excludes halogenated alkanes) is 1. The van der Waals surface area contributed by atoms with E-state index >= 15 is 0 Å². The van der Waals surface area contributed by atoms with Gasteiger partial charge in [0.2, 0.25) is 0 Å². The molecular formula is C10H17NO3. The van der Waals surface area contributed by atoms with Gasteiger partial charge in [0.1, 0.15) is 0 Å². The van der Waals surface area contributed by atoms with Crippen molar-refractivity contribution in [1.82, 2.24) is 0 Å². The van der Waals surface area contributed by atoms with Crippen LogP contribution >= 0.6 is 0 Å². The van der Waals surface area contributed by atoms with Crippen LogP contribution in [0.1, 0.15) is 39.0 Å². The molecule has 14 heavy (non-hydrogen) atoms. The lowest BCUT2D eigenvalue weighted by Crippen LogP contribution is -2.55. The highest BCUT2D eigenvalue weighted by atomic mass is 16.3. The van der Waals surface area contributed by atoms with Crippen LogP contribution in [0.3, 0.4) is 0 Å². The minimum Gasteiger partial charge on any atom is -0.373 e. The smallest absolute Gasteiger partial charge is 0.196 e. The van der Waals surface area contributed by atoms with Crippen LogP contribution < -0.4 is 5.73 Å². The maximum atomic E-state index is 11.4. The number of hydrogen-bond donors (Lipinski definition) is 2. The normalized spacial score (nSPS) is 22.8. The molecule has 0 aromatic heterocycles. The molecule has 0 spiro atoms. The number of carbonyl (C=O) groups is 2. The molecule has 0 radical (unpaired) electrons. The zero-order valence-corrected chi connectivity index (χ0v) is 8.45. The Morgan fingerprint density at radius 3 is 2.36 bits per heavy atom. The molecule has 1 atom stereocenters. The number of carbonyl (C=O) groups excluding carboxylic acids is 2. The van der Waals surface area contributed by atoms with E-state index in [0.717, 1.165) is 12.8 Å². The van der Waals surface area contributed by atoms with Crippen molar-refractivity contribution in [3.63, 3.8) is 0 Å². The van der Waals surface area contributed by atoms with Crippen LogP contribution in [0, 0.1) is 0 Å². The summed E-state index contributed by atoms with van der Waals surface area (Å²) >= 11 is 0. The van der Waals surface area contributed by atoms with E-state index in [9.17, 15) is 14.7 Å². The first kappa shape index (κ1) is 11.3. The zero-order valence-electron chi connectivity index (χ0n) is 8.45. The van der Waals surface area contributed by atoms with Crippen molar-refractivity contribution in [2.45, 2.75) is 50.7 Å². The summed E-state index contributed by atoms with van der Waals surface area (Å²) in [6, 6.07) is -0.732. The van der Waals surface area contributed by atoms with E-state index in [1.54, 1.807) is 0 Å². The highest BCUT2D eigenvalue weighted by molar-refractivity contribution is 6.16. The summed E-state index contributed by atoms with van der Waals surface area (Å²) < 4.78 is 0. The molecule has 1 unspecified atom stereocenters. The number of nitrogens with two attached hydrogens (primary N) is 1. The van der Waals surface area contributed by atoms with Gasteiger partial charge in [0.25, 0.3) is 0 Å². The second kappa shape index (κ2) is 4.19. The average Bonchev–Trinajstić information content (AvgIpc) is 2.43. The van der Waals surface area contributed by atoms with Gasteiger partial charge in [-0.3, -0.25) is 9.59 Å². The Labute approximate surface area is 83.5 Å². The Hall–Kier alpha value is -0.740. The monoisotopic (exact) mass is 199 g/mol. The summed E-state index contributed by atoms with van der Waals surface area (Å²) in [6.07, 6.45) is 2.55. The average molecular weight is 199 g/mol. The van der Waals surface area contributed by atoms with Gasteiger partial charge in [-0.1, -0.05) is 19.8 Å². The number of hydrogen-bond acceptors (Lipinski definition) is 4. The van der Waals surface area contributed by atoms with E-state index in [1.165, 1.54) is 0 Å². The van der Waals surface area contributed by atoms with E-state index in [0.29, 0.717) is 6.42 Å². The van der Waals surface area contributed by atoms with Crippen molar-refractivity contribution in [3.8, 4) is 0 Å². The Bertz CT molecular complexity index is 234. The molecule has 1 rings (SSSR count). The van der Waals surface area contributed by atoms with Crippen LogP contribution in [0.25, 0.3) is 0 Å². The first-order chi connectivity index (χ1) is 6.53. The van der Waals surface area contributed by atoms with Crippen molar-refractivity contribution in [3.05, 3.63) is 0 Å². The number of Topliss-reactive ketones (excluding diaryl/α,β-unsaturated/α-hetero) is 2. The second-order valence-corrected chi connectivity index (χ2v) is 3.86. The fourth-order valence-electron chi connectivity index (χ4n) is 1.81. The summed E-state index contributed by atoms with van der Waals surface area (Å²) in [5.74, 6) is -0.822. The molecule has 0 heterocycles. The molecule has 0 aromatic carbocycles. The van der Waals surface area contributed by atoms with Gasteiger partial charge >= 0.3 is 0 Å². The molecule has 4 heteroatoms. The number of aliphatic hydroxyl groups is 1. The quantitative estimate of drug-likeness (QED) is 0.632. The van der Waals surface area contributed by atoms with Crippen molar-refractivity contribution >= 4 is 11.6 Å². The first-order valence-electron chi connectivity index (χ1n) is 5.08. The van der Waals surface area contributed by atoms with Crippen molar-refractivity contribution in [2.75, 3.05) is 0 Å². The van der Waals surface area contributed by atoms with E-state index in [2.05, 4.69) is 0 Å². The fourth-order valence-corrected chi connectivity index (χ4v) is 1.81. The Morgan fingerprint density at radius 2 is 1.93 bits per heavy atom. The molecular weight excluding hydrogens is 182 g/mol. The lowest BCUT2D eigenvalue weighted by atomic mass is 9.88. The summed E-state index contributed by atoms with van der Waals surface area (Å²) in [5, 5.41) is 9.90. The minimum absolute atomic E-state index is 0.134. The molecule has 4 nitrogen and oxygen atoms in total. The zero-order chi connectivity index (χ0) is 10.8. The molecule has 1 aliphatic rings. The van der Waals surface area contributed by atoms with Crippen LogP contribution in [0.2, 0.25) is 0 Å². The van der Waals surface area contributed by atoms with Crippen molar-refractivity contribution < 1.29 is 14.7 Å². The van der Waals surface area contributed by atoms with Crippen LogP contribution in [0.15, 0.2) is 0 Å². The molecule has 0 aromatic rings. The Morgan fingerprint density at radius 1 is 1.43 bits per heavy atom. The van der Waals surface area contributed by atoms with Crippen molar-refractivity contribution in [2.24, 2.45) is 5.73 Å². The fraction of sp³-hybridized carbons (Fsp3) is 0.800. The van der Waals surface area contributed by atoms with Crippen LogP contribution in [0.5, 0.6) is 0 Å².